The molecule has 4 atom stereocenters. The van der Waals surface area contributed by atoms with Gasteiger partial charge in [0.2, 0.25) is 11.8 Å². The van der Waals surface area contributed by atoms with Crippen molar-refractivity contribution in [3.05, 3.63) is 101 Å². The maximum atomic E-state index is 6.18. The molecule has 0 fully saturated rings. The van der Waals surface area contributed by atoms with Crippen LogP contribution in [-0.4, -0.2) is 28.9 Å². The fraction of sp³-hybridized carbons (Fsp3) is 0.240. The molecule has 180 valence electrons. The average Bonchev–Trinajstić information content (AvgIpc) is 3.38. The Balaban J connectivity index is 0.00000144. The second-order valence-corrected chi connectivity index (χ2v) is 7.66. The molecule has 1 aromatic heterocycles. The summed E-state index contributed by atoms with van der Waals surface area (Å²) in [5, 5.41) is 0. The van der Waals surface area contributed by atoms with Crippen LogP contribution >= 0.6 is 0 Å². The van der Waals surface area contributed by atoms with Crippen LogP contribution in [0, 0.1) is 0 Å². The van der Waals surface area contributed by atoms with Gasteiger partial charge in [0.1, 0.15) is 23.6 Å². The van der Waals surface area contributed by atoms with Gasteiger partial charge in [0.25, 0.3) is 0 Å². The van der Waals surface area contributed by atoms with E-state index < -0.39 is 0 Å². The molecule has 2 aliphatic rings. The fourth-order valence-electron chi connectivity index (χ4n) is 3.91. The number of halogens is 3. The maximum absolute atomic E-state index is 6.18. The first kappa shape index (κ1) is 29.9. The van der Waals surface area contributed by atoms with Gasteiger partial charge in [-0.3, -0.25) is 0 Å². The molecular weight excluding hydrogens is 540 g/mol. The molecule has 3 heterocycles. The van der Waals surface area contributed by atoms with E-state index in [9.17, 15) is 0 Å². The summed E-state index contributed by atoms with van der Waals surface area (Å²) < 4.78 is 12.4. The number of hydrogen-bond donors (Lipinski definition) is 0. The maximum Gasteiger partial charge on any atom is 3.00 e. The normalized spacial score (nSPS) is 22.3. The minimum atomic E-state index is -0.103. The molecule has 3 aromatic rings. The Kier molecular flexibility index (Phi) is 11.5. The van der Waals surface area contributed by atoms with Crippen LogP contribution in [0.5, 0.6) is 0 Å². The van der Waals surface area contributed by atoms with E-state index in [-0.39, 0.29) is 78.3 Å². The zero-order valence-corrected chi connectivity index (χ0v) is 21.7. The summed E-state index contributed by atoms with van der Waals surface area (Å²) in [6.45, 7) is 4.12. The zero-order valence-electron chi connectivity index (χ0n) is 18.4. The van der Waals surface area contributed by atoms with Gasteiger partial charge in [-0.2, -0.15) is 0 Å². The summed E-state index contributed by atoms with van der Waals surface area (Å²) >= 11 is 0. The van der Waals surface area contributed by atoms with Crippen LogP contribution in [0.15, 0.2) is 88.8 Å². The quantitative estimate of drug-likeness (QED) is 0.325. The Labute approximate surface area is 228 Å². The predicted octanol–water partition coefficient (Wildman–Crippen LogP) is -4.10. The van der Waals surface area contributed by atoms with E-state index in [1.807, 2.05) is 54.6 Å². The van der Waals surface area contributed by atoms with Crippen molar-refractivity contribution < 1.29 is 63.5 Å². The number of benzene rings is 2. The van der Waals surface area contributed by atoms with Crippen molar-refractivity contribution in [2.24, 2.45) is 9.98 Å². The van der Waals surface area contributed by atoms with Crippen LogP contribution in [0.3, 0.4) is 0 Å². The van der Waals surface area contributed by atoms with Crippen LogP contribution < -0.4 is 37.2 Å². The Morgan fingerprint density at radius 3 is 1.32 bits per heavy atom. The Morgan fingerprint density at radius 2 is 0.941 bits per heavy atom. The van der Waals surface area contributed by atoms with Gasteiger partial charge < -0.3 is 46.7 Å². The molecule has 2 aromatic carbocycles. The summed E-state index contributed by atoms with van der Waals surface area (Å²) in [5.41, 5.74) is 3.62. The number of aromatic nitrogens is 1. The molecule has 5 nitrogen and oxygen atoms in total. The molecule has 5 rings (SSSR count). The number of rotatable bonds is 4. The zero-order chi connectivity index (χ0) is 20.5. The number of hydrogen-bond acceptors (Lipinski definition) is 5. The molecule has 0 amide bonds. The standard InChI is InChI=1S/C25H23N3O2.3ClH.Co/c1-16-22(18-10-5-3-6-11-18)29-24(26-16)20-14-9-15-21(28-20)25-27-17(2)23(30-25)19-12-7-4-8-13-19;;;;/h3-17,22-23H,1-2H3;3*1H;/q;;;;+3/p-3. The molecule has 0 saturated heterocycles. The second kappa shape index (κ2) is 13.1. The molecule has 0 aliphatic carbocycles. The summed E-state index contributed by atoms with van der Waals surface area (Å²) in [5.74, 6) is 1.12. The van der Waals surface area contributed by atoms with E-state index in [2.05, 4.69) is 38.1 Å². The Bertz CT molecular complexity index is 1030. The molecule has 0 radical (unpaired) electrons. The van der Waals surface area contributed by atoms with E-state index in [0.717, 1.165) is 11.1 Å². The summed E-state index contributed by atoms with van der Waals surface area (Å²) in [4.78, 5) is 14.2. The third kappa shape index (κ3) is 6.12. The molecule has 2 aliphatic heterocycles. The van der Waals surface area contributed by atoms with Gasteiger partial charge in [-0.15, -0.1) is 0 Å². The number of aliphatic imine (C=N–C) groups is 2. The Morgan fingerprint density at radius 1 is 0.559 bits per heavy atom. The van der Waals surface area contributed by atoms with Crippen molar-refractivity contribution >= 4 is 11.8 Å². The third-order valence-corrected chi connectivity index (χ3v) is 5.44. The van der Waals surface area contributed by atoms with Gasteiger partial charge in [-0.1, -0.05) is 66.7 Å². The minimum absolute atomic E-state index is 0. The largest absolute Gasteiger partial charge is 3.00 e. The monoisotopic (exact) mass is 561 g/mol. The molecule has 0 spiro atoms. The van der Waals surface area contributed by atoms with Gasteiger partial charge in [0.15, 0.2) is 0 Å². The SMILES string of the molecule is CC1N=C(c2cccc(C3=NC(C)C(c4ccccc4)O3)n2)OC1c1ccccc1.[Cl-].[Cl-].[Cl-].[Co+3]. The molecular formula is C25H23Cl3CoN3O2. The van der Waals surface area contributed by atoms with Crippen molar-refractivity contribution in [2.45, 2.75) is 38.1 Å². The average molecular weight is 563 g/mol. The first-order chi connectivity index (χ1) is 14.7. The molecule has 0 bridgehead atoms. The Hall–Kier alpha value is -2.09. The first-order valence-electron chi connectivity index (χ1n) is 10.3. The van der Waals surface area contributed by atoms with E-state index in [4.69, 9.17) is 24.4 Å². The molecule has 4 unspecified atom stereocenters. The smallest absolute Gasteiger partial charge is 1.00 e. The number of pyridine rings is 1. The summed E-state index contributed by atoms with van der Waals surface area (Å²) in [6.07, 6.45) is -0.205. The third-order valence-electron chi connectivity index (χ3n) is 5.44. The van der Waals surface area contributed by atoms with E-state index in [1.54, 1.807) is 0 Å². The predicted molar refractivity (Wildman–Crippen MR) is 117 cm³/mol. The van der Waals surface area contributed by atoms with Gasteiger partial charge in [0, 0.05) is 0 Å². The topological polar surface area (TPSA) is 56.1 Å². The van der Waals surface area contributed by atoms with E-state index in [1.165, 1.54) is 0 Å². The minimum Gasteiger partial charge on any atom is -1.00 e. The van der Waals surface area contributed by atoms with Crippen molar-refractivity contribution in [1.29, 1.82) is 0 Å². The fourth-order valence-corrected chi connectivity index (χ4v) is 3.91. The van der Waals surface area contributed by atoms with Gasteiger partial charge in [0.05, 0.1) is 12.1 Å². The van der Waals surface area contributed by atoms with E-state index in [0.29, 0.717) is 23.2 Å². The second-order valence-electron chi connectivity index (χ2n) is 7.66. The summed E-state index contributed by atoms with van der Waals surface area (Å²) in [7, 11) is 0. The molecule has 0 saturated carbocycles. The molecule has 0 N–H and O–H groups in total. The van der Waals surface area contributed by atoms with Crippen LogP contribution in [0.4, 0.5) is 0 Å². The van der Waals surface area contributed by atoms with Crippen molar-refractivity contribution in [3.8, 4) is 0 Å². The molecule has 9 heteroatoms. The van der Waals surface area contributed by atoms with Gasteiger partial charge in [-0.25, -0.2) is 15.0 Å². The van der Waals surface area contributed by atoms with Crippen LogP contribution in [0.1, 0.15) is 48.6 Å². The van der Waals surface area contributed by atoms with Crippen LogP contribution in [0.25, 0.3) is 0 Å². The van der Waals surface area contributed by atoms with Crippen LogP contribution in [-0.2, 0) is 26.3 Å². The van der Waals surface area contributed by atoms with Crippen LogP contribution in [0.2, 0.25) is 0 Å². The molecule has 34 heavy (non-hydrogen) atoms. The van der Waals surface area contributed by atoms with Crippen molar-refractivity contribution in [2.75, 3.05) is 0 Å². The number of ether oxygens (including phenoxy) is 2. The summed E-state index contributed by atoms with van der Waals surface area (Å²) in [6, 6.07) is 26.1. The van der Waals surface area contributed by atoms with Crippen molar-refractivity contribution in [3.63, 3.8) is 0 Å². The number of nitrogens with zero attached hydrogens (tertiary/aromatic N) is 3. The van der Waals surface area contributed by atoms with Crippen molar-refractivity contribution in [1.82, 2.24) is 4.98 Å². The van der Waals surface area contributed by atoms with Gasteiger partial charge in [-0.05, 0) is 37.1 Å². The van der Waals surface area contributed by atoms with E-state index >= 15 is 0 Å². The first-order valence-corrected chi connectivity index (χ1v) is 10.3. The van der Waals surface area contributed by atoms with Gasteiger partial charge >= 0.3 is 16.8 Å².